The molecule has 1 N–H and O–H groups in total. The van der Waals surface area contributed by atoms with E-state index < -0.39 is 0 Å². The fraction of sp³-hybridized carbons (Fsp3) is 0.250. The lowest BCUT2D eigenvalue weighted by Crippen LogP contribution is -2.27. The zero-order valence-corrected chi connectivity index (χ0v) is 14.3. The van der Waals surface area contributed by atoms with E-state index in [1.807, 2.05) is 42.6 Å². The molecule has 132 valence electrons. The largest absolute Gasteiger partial charge is 0.373 e. The summed E-state index contributed by atoms with van der Waals surface area (Å²) < 4.78 is 7.51. The van der Waals surface area contributed by atoms with E-state index in [0.717, 1.165) is 23.4 Å². The second-order valence-electron chi connectivity index (χ2n) is 6.26. The highest BCUT2D eigenvalue weighted by Gasteiger charge is 2.22. The first-order valence-corrected chi connectivity index (χ1v) is 8.70. The number of hydrogen-bond donors (Lipinski definition) is 1. The van der Waals surface area contributed by atoms with Crippen LogP contribution in [0.4, 0.5) is 0 Å². The van der Waals surface area contributed by atoms with E-state index in [4.69, 9.17) is 4.74 Å². The molecule has 1 atom stereocenters. The summed E-state index contributed by atoms with van der Waals surface area (Å²) in [7, 11) is 0. The Bertz CT molecular complexity index is 892. The van der Waals surface area contributed by atoms with Crippen molar-refractivity contribution in [3.05, 3.63) is 77.7 Å². The highest BCUT2D eigenvalue weighted by Crippen LogP contribution is 2.29. The first kappa shape index (κ1) is 16.5. The summed E-state index contributed by atoms with van der Waals surface area (Å²) in [4.78, 5) is 16.7. The van der Waals surface area contributed by atoms with Gasteiger partial charge < -0.3 is 10.1 Å². The summed E-state index contributed by atoms with van der Waals surface area (Å²) >= 11 is 0. The van der Waals surface area contributed by atoms with E-state index >= 15 is 0 Å². The zero-order valence-electron chi connectivity index (χ0n) is 14.3. The number of nitrogens with one attached hydrogen (secondary N) is 1. The molecule has 6 nitrogen and oxygen atoms in total. The van der Waals surface area contributed by atoms with Gasteiger partial charge in [-0.15, -0.1) is 0 Å². The smallest absolute Gasteiger partial charge is 0.223 e. The molecule has 3 aromatic rings. The van der Waals surface area contributed by atoms with Crippen LogP contribution < -0.4 is 5.32 Å². The van der Waals surface area contributed by atoms with Gasteiger partial charge in [-0.2, -0.15) is 5.10 Å². The summed E-state index contributed by atoms with van der Waals surface area (Å²) in [5, 5.41) is 7.14. The number of hydrogen-bond acceptors (Lipinski definition) is 4. The molecule has 6 heteroatoms. The minimum Gasteiger partial charge on any atom is -0.373 e. The van der Waals surface area contributed by atoms with Gasteiger partial charge in [-0.3, -0.25) is 4.79 Å². The first-order valence-electron chi connectivity index (χ1n) is 8.70. The number of carbonyl (C=O) groups excluding carboxylic acids is 1. The van der Waals surface area contributed by atoms with Crippen molar-refractivity contribution in [2.24, 2.45) is 0 Å². The Hall–Kier alpha value is -2.99. The SMILES string of the molecule is O=C(CC1OCCc2ccccc21)NCc1ccnc(-n2cccn2)c1. The summed E-state index contributed by atoms with van der Waals surface area (Å²) in [6.07, 6.45) is 6.33. The van der Waals surface area contributed by atoms with E-state index in [1.54, 1.807) is 17.1 Å². The second kappa shape index (κ2) is 7.49. The number of pyridine rings is 1. The maximum Gasteiger partial charge on any atom is 0.223 e. The molecular weight excluding hydrogens is 328 g/mol. The number of ether oxygens (including phenoxy) is 1. The summed E-state index contributed by atoms with van der Waals surface area (Å²) in [6.45, 7) is 1.11. The van der Waals surface area contributed by atoms with Gasteiger partial charge in [0.1, 0.15) is 0 Å². The molecule has 4 rings (SSSR count). The van der Waals surface area contributed by atoms with Gasteiger partial charge in [-0.1, -0.05) is 24.3 Å². The van der Waals surface area contributed by atoms with E-state index in [0.29, 0.717) is 19.6 Å². The number of fused-ring (bicyclic) bond motifs is 1. The Labute approximate surface area is 151 Å². The molecule has 26 heavy (non-hydrogen) atoms. The molecule has 1 aromatic carbocycles. The normalized spacial score (nSPS) is 16.1. The Morgan fingerprint density at radius 2 is 2.15 bits per heavy atom. The number of benzene rings is 1. The number of carbonyl (C=O) groups is 1. The Balaban J connectivity index is 1.37. The summed E-state index contributed by atoms with van der Waals surface area (Å²) in [5.41, 5.74) is 3.37. The quantitative estimate of drug-likeness (QED) is 0.769. The molecule has 0 bridgehead atoms. The fourth-order valence-corrected chi connectivity index (χ4v) is 3.19. The Kier molecular flexibility index (Phi) is 4.75. The van der Waals surface area contributed by atoms with E-state index in [9.17, 15) is 4.79 Å². The average Bonchev–Trinajstić information content (AvgIpc) is 3.22. The van der Waals surface area contributed by atoms with Gasteiger partial charge in [0.25, 0.3) is 0 Å². The average molecular weight is 348 g/mol. The highest BCUT2D eigenvalue weighted by atomic mass is 16.5. The van der Waals surface area contributed by atoms with E-state index in [2.05, 4.69) is 21.5 Å². The van der Waals surface area contributed by atoms with Crippen LogP contribution in [0.25, 0.3) is 5.82 Å². The third-order valence-corrected chi connectivity index (χ3v) is 4.50. The molecule has 1 amide bonds. The van der Waals surface area contributed by atoms with E-state index in [-0.39, 0.29) is 12.0 Å². The monoisotopic (exact) mass is 348 g/mol. The molecule has 1 unspecified atom stereocenters. The van der Waals surface area contributed by atoms with Gasteiger partial charge >= 0.3 is 0 Å². The number of amides is 1. The number of rotatable bonds is 5. The van der Waals surface area contributed by atoms with Crippen LogP contribution in [0.3, 0.4) is 0 Å². The van der Waals surface area contributed by atoms with Crippen molar-refractivity contribution in [1.82, 2.24) is 20.1 Å². The molecule has 1 aliphatic rings. The molecule has 0 saturated carbocycles. The van der Waals surface area contributed by atoms with Crippen LogP contribution in [0, 0.1) is 0 Å². The first-order chi connectivity index (χ1) is 12.8. The molecule has 0 aliphatic carbocycles. The molecule has 0 fully saturated rings. The molecule has 0 spiro atoms. The van der Waals surface area contributed by atoms with Crippen molar-refractivity contribution in [3.8, 4) is 5.82 Å². The standard InChI is InChI=1S/C20H20N4O2/c25-20(13-18-17-5-2-1-4-16(17)7-11-26-18)22-14-15-6-9-21-19(12-15)24-10-3-8-23-24/h1-6,8-10,12,18H,7,11,13-14H2,(H,22,25). The summed E-state index contributed by atoms with van der Waals surface area (Å²) in [6, 6.07) is 13.8. The Morgan fingerprint density at radius 3 is 3.04 bits per heavy atom. The number of nitrogens with zero attached hydrogens (tertiary/aromatic N) is 3. The van der Waals surface area contributed by atoms with Gasteiger partial charge in [-0.25, -0.2) is 9.67 Å². The van der Waals surface area contributed by atoms with Crippen LogP contribution in [0.2, 0.25) is 0 Å². The minimum atomic E-state index is -0.169. The van der Waals surface area contributed by atoms with Crippen LogP contribution in [-0.4, -0.2) is 27.3 Å². The van der Waals surface area contributed by atoms with Gasteiger partial charge in [0.05, 0.1) is 19.1 Å². The lowest BCUT2D eigenvalue weighted by atomic mass is 9.95. The third-order valence-electron chi connectivity index (χ3n) is 4.50. The minimum absolute atomic E-state index is 0.0239. The predicted octanol–water partition coefficient (Wildman–Crippen LogP) is 2.59. The molecular formula is C20H20N4O2. The lowest BCUT2D eigenvalue weighted by Gasteiger charge is -2.25. The van der Waals surface area contributed by atoms with Crippen LogP contribution in [-0.2, 0) is 22.5 Å². The van der Waals surface area contributed by atoms with Gasteiger partial charge in [0, 0.05) is 25.1 Å². The van der Waals surface area contributed by atoms with E-state index in [1.165, 1.54) is 5.56 Å². The maximum atomic E-state index is 12.4. The van der Waals surface area contributed by atoms with Crippen molar-refractivity contribution >= 4 is 5.91 Å². The van der Waals surface area contributed by atoms with Gasteiger partial charge in [0.15, 0.2) is 5.82 Å². The molecule has 3 heterocycles. The molecule has 1 aliphatic heterocycles. The fourth-order valence-electron chi connectivity index (χ4n) is 3.19. The van der Waals surface area contributed by atoms with Gasteiger partial charge in [-0.05, 0) is 41.3 Å². The van der Waals surface area contributed by atoms with Crippen LogP contribution in [0.1, 0.15) is 29.2 Å². The van der Waals surface area contributed by atoms with Crippen molar-refractivity contribution in [3.63, 3.8) is 0 Å². The van der Waals surface area contributed by atoms with Crippen molar-refractivity contribution in [1.29, 1.82) is 0 Å². The zero-order chi connectivity index (χ0) is 17.8. The maximum absolute atomic E-state index is 12.4. The van der Waals surface area contributed by atoms with Crippen LogP contribution >= 0.6 is 0 Å². The number of aromatic nitrogens is 3. The lowest BCUT2D eigenvalue weighted by molar-refractivity contribution is -0.124. The van der Waals surface area contributed by atoms with Crippen molar-refractivity contribution in [2.45, 2.75) is 25.5 Å². The third kappa shape index (κ3) is 3.65. The highest BCUT2D eigenvalue weighted by molar-refractivity contribution is 5.76. The molecule has 2 aromatic heterocycles. The topological polar surface area (TPSA) is 69.0 Å². The Morgan fingerprint density at radius 1 is 1.23 bits per heavy atom. The second-order valence-corrected chi connectivity index (χ2v) is 6.26. The summed E-state index contributed by atoms with van der Waals surface area (Å²) in [5.74, 6) is 0.704. The molecule has 0 saturated heterocycles. The predicted molar refractivity (Wildman–Crippen MR) is 96.7 cm³/mol. The van der Waals surface area contributed by atoms with Crippen molar-refractivity contribution in [2.75, 3.05) is 6.61 Å². The molecule has 0 radical (unpaired) electrons. The van der Waals surface area contributed by atoms with Crippen LogP contribution in [0.15, 0.2) is 61.1 Å². The van der Waals surface area contributed by atoms with Gasteiger partial charge in [0.2, 0.25) is 5.91 Å². The van der Waals surface area contributed by atoms with Crippen molar-refractivity contribution < 1.29 is 9.53 Å². The van der Waals surface area contributed by atoms with Crippen LogP contribution in [0.5, 0.6) is 0 Å².